The number of carbonyl (C=O) groups excluding carboxylic acids is 2. The van der Waals surface area contributed by atoms with Crippen molar-refractivity contribution in [2.75, 3.05) is 18.5 Å². The first-order valence-corrected chi connectivity index (χ1v) is 9.29. The van der Waals surface area contributed by atoms with Gasteiger partial charge in [0, 0.05) is 17.1 Å². The summed E-state index contributed by atoms with van der Waals surface area (Å²) in [5.41, 5.74) is 2.81. The van der Waals surface area contributed by atoms with E-state index in [1.54, 1.807) is 12.1 Å². The molecule has 144 valence electrons. The quantitative estimate of drug-likeness (QED) is 0.504. The lowest BCUT2D eigenvalue weighted by Crippen LogP contribution is -2.21. The van der Waals surface area contributed by atoms with Crippen LogP contribution in [0.15, 0.2) is 42.5 Å². The van der Waals surface area contributed by atoms with Crippen molar-refractivity contribution in [1.29, 1.82) is 0 Å². The van der Waals surface area contributed by atoms with Crippen molar-refractivity contribution in [2.24, 2.45) is 0 Å². The van der Waals surface area contributed by atoms with Crippen LogP contribution in [-0.2, 0) is 20.7 Å². The Morgan fingerprint density at radius 3 is 2.52 bits per heavy atom. The highest BCUT2D eigenvalue weighted by molar-refractivity contribution is 6.30. The summed E-state index contributed by atoms with van der Waals surface area (Å²) in [4.78, 5) is 23.6. The van der Waals surface area contributed by atoms with Crippen molar-refractivity contribution in [1.82, 2.24) is 0 Å². The van der Waals surface area contributed by atoms with Crippen molar-refractivity contribution in [3.63, 3.8) is 0 Å². The average molecular weight is 390 g/mol. The lowest BCUT2D eigenvalue weighted by Gasteiger charge is -2.09. The molecule has 2 aromatic rings. The fourth-order valence-corrected chi connectivity index (χ4v) is 2.64. The second-order valence-corrected chi connectivity index (χ2v) is 6.56. The first-order valence-electron chi connectivity index (χ1n) is 8.91. The van der Waals surface area contributed by atoms with Crippen LogP contribution in [0.25, 0.3) is 0 Å². The van der Waals surface area contributed by atoms with Crippen LogP contribution in [0.5, 0.6) is 5.75 Å². The van der Waals surface area contributed by atoms with E-state index in [9.17, 15) is 9.59 Å². The van der Waals surface area contributed by atoms with Crippen LogP contribution in [0.1, 0.15) is 30.9 Å². The Bertz CT molecular complexity index is 774. The number of anilines is 1. The molecule has 0 aliphatic heterocycles. The van der Waals surface area contributed by atoms with Crippen molar-refractivity contribution in [2.45, 2.75) is 33.1 Å². The third-order valence-corrected chi connectivity index (χ3v) is 4.17. The van der Waals surface area contributed by atoms with Gasteiger partial charge in [-0.05, 0) is 61.2 Å². The summed E-state index contributed by atoms with van der Waals surface area (Å²) in [6, 6.07) is 12.9. The van der Waals surface area contributed by atoms with Gasteiger partial charge in [-0.1, -0.05) is 30.7 Å². The largest absolute Gasteiger partial charge is 0.493 e. The normalized spacial score (nSPS) is 10.3. The Balaban J connectivity index is 1.63. The van der Waals surface area contributed by atoms with Crippen molar-refractivity contribution >= 4 is 29.2 Å². The third-order valence-electron chi connectivity index (χ3n) is 3.93. The standard InChI is InChI=1S/C21H24ClNO4/c1-3-16-6-9-18(10-7-16)23-20(24)14-27-21(25)5-4-12-26-19-11-8-17(22)13-15(19)2/h6-11,13H,3-5,12,14H2,1-2H3,(H,23,24). The van der Waals surface area contributed by atoms with Gasteiger partial charge in [-0.2, -0.15) is 0 Å². The molecule has 0 spiro atoms. The predicted molar refractivity (Wildman–Crippen MR) is 106 cm³/mol. The van der Waals surface area contributed by atoms with Gasteiger partial charge >= 0.3 is 5.97 Å². The molecule has 0 atom stereocenters. The molecule has 27 heavy (non-hydrogen) atoms. The number of aryl methyl sites for hydroxylation is 2. The van der Waals surface area contributed by atoms with Crippen molar-refractivity contribution < 1.29 is 19.1 Å². The molecule has 0 saturated carbocycles. The van der Waals surface area contributed by atoms with Gasteiger partial charge in [0.2, 0.25) is 0 Å². The topological polar surface area (TPSA) is 64.6 Å². The van der Waals surface area contributed by atoms with Crippen LogP contribution in [0.4, 0.5) is 5.69 Å². The molecule has 0 heterocycles. The van der Waals surface area contributed by atoms with Crippen LogP contribution in [0.2, 0.25) is 5.02 Å². The number of amides is 1. The number of nitrogens with one attached hydrogen (secondary N) is 1. The monoisotopic (exact) mass is 389 g/mol. The Kier molecular flexibility index (Phi) is 8.14. The van der Waals surface area contributed by atoms with Crippen LogP contribution < -0.4 is 10.1 Å². The summed E-state index contributed by atoms with van der Waals surface area (Å²) >= 11 is 5.90. The molecular formula is C21H24ClNO4. The second kappa shape index (κ2) is 10.6. The van der Waals surface area contributed by atoms with E-state index in [0.29, 0.717) is 23.7 Å². The number of esters is 1. The maximum atomic E-state index is 11.8. The lowest BCUT2D eigenvalue weighted by molar-refractivity contribution is -0.147. The fourth-order valence-electron chi connectivity index (χ4n) is 2.41. The molecule has 0 aliphatic rings. The highest BCUT2D eigenvalue weighted by atomic mass is 35.5. The Morgan fingerprint density at radius 1 is 1.11 bits per heavy atom. The Hall–Kier alpha value is -2.53. The molecule has 0 bridgehead atoms. The molecule has 0 fully saturated rings. The van der Waals surface area contributed by atoms with Crippen LogP contribution in [0, 0.1) is 6.92 Å². The number of hydrogen-bond acceptors (Lipinski definition) is 4. The predicted octanol–water partition coefficient (Wildman–Crippen LogP) is 4.55. The second-order valence-electron chi connectivity index (χ2n) is 6.12. The molecule has 1 N–H and O–H groups in total. The number of rotatable bonds is 9. The van der Waals surface area contributed by atoms with E-state index >= 15 is 0 Å². The summed E-state index contributed by atoms with van der Waals surface area (Å²) in [5.74, 6) is -0.0511. The fraction of sp³-hybridized carbons (Fsp3) is 0.333. The molecule has 2 aromatic carbocycles. The zero-order valence-corrected chi connectivity index (χ0v) is 16.3. The molecular weight excluding hydrogens is 366 g/mol. The Morgan fingerprint density at radius 2 is 1.85 bits per heavy atom. The zero-order valence-electron chi connectivity index (χ0n) is 15.6. The summed E-state index contributed by atoms with van der Waals surface area (Å²) < 4.78 is 10.6. The smallest absolute Gasteiger partial charge is 0.306 e. The van der Waals surface area contributed by atoms with E-state index in [4.69, 9.17) is 21.1 Å². The Labute approximate surface area is 164 Å². The first-order chi connectivity index (χ1) is 13.0. The van der Waals surface area contributed by atoms with Gasteiger partial charge in [0.25, 0.3) is 5.91 Å². The van der Waals surface area contributed by atoms with Crippen LogP contribution >= 0.6 is 11.6 Å². The maximum absolute atomic E-state index is 11.8. The van der Waals surface area contributed by atoms with E-state index in [1.807, 2.05) is 37.3 Å². The SMILES string of the molecule is CCc1ccc(NC(=O)COC(=O)CCCOc2ccc(Cl)cc2C)cc1. The number of halogens is 1. The van der Waals surface area contributed by atoms with Gasteiger partial charge in [-0.15, -0.1) is 0 Å². The molecule has 2 rings (SSSR count). The molecule has 0 radical (unpaired) electrons. The molecule has 0 saturated heterocycles. The summed E-state index contributed by atoms with van der Waals surface area (Å²) in [5, 5.41) is 3.35. The molecule has 0 unspecified atom stereocenters. The first kappa shape index (κ1) is 20.8. The number of benzene rings is 2. The number of carbonyl (C=O) groups is 2. The minimum absolute atomic E-state index is 0.186. The third kappa shape index (κ3) is 7.31. The zero-order chi connectivity index (χ0) is 19.6. The van der Waals surface area contributed by atoms with Crippen LogP contribution in [-0.4, -0.2) is 25.1 Å². The number of ether oxygens (including phenoxy) is 2. The number of hydrogen-bond donors (Lipinski definition) is 1. The van der Waals surface area contributed by atoms with E-state index in [2.05, 4.69) is 12.2 Å². The van der Waals surface area contributed by atoms with Gasteiger partial charge < -0.3 is 14.8 Å². The van der Waals surface area contributed by atoms with Crippen molar-refractivity contribution in [3.8, 4) is 5.75 Å². The molecule has 1 amide bonds. The highest BCUT2D eigenvalue weighted by Gasteiger charge is 2.08. The van der Waals surface area contributed by atoms with E-state index in [-0.39, 0.29) is 18.9 Å². The van der Waals surface area contributed by atoms with Gasteiger partial charge in [0.1, 0.15) is 5.75 Å². The lowest BCUT2D eigenvalue weighted by atomic mass is 10.1. The molecule has 6 heteroatoms. The maximum Gasteiger partial charge on any atom is 0.306 e. The summed E-state index contributed by atoms with van der Waals surface area (Å²) in [6.07, 6.45) is 1.62. The molecule has 5 nitrogen and oxygen atoms in total. The van der Waals surface area contributed by atoms with Gasteiger partial charge in [0.05, 0.1) is 6.61 Å². The van der Waals surface area contributed by atoms with Crippen LogP contribution in [0.3, 0.4) is 0 Å². The molecule has 0 aromatic heterocycles. The minimum atomic E-state index is -0.428. The highest BCUT2D eigenvalue weighted by Crippen LogP contribution is 2.21. The minimum Gasteiger partial charge on any atom is -0.493 e. The van der Waals surface area contributed by atoms with Gasteiger partial charge in [-0.25, -0.2) is 0 Å². The van der Waals surface area contributed by atoms with Gasteiger partial charge in [0.15, 0.2) is 6.61 Å². The molecule has 0 aliphatic carbocycles. The summed E-state index contributed by atoms with van der Waals surface area (Å²) in [7, 11) is 0. The van der Waals surface area contributed by atoms with E-state index in [1.165, 1.54) is 5.56 Å². The van der Waals surface area contributed by atoms with E-state index in [0.717, 1.165) is 17.7 Å². The average Bonchev–Trinajstić information content (AvgIpc) is 2.65. The van der Waals surface area contributed by atoms with Crippen molar-refractivity contribution in [3.05, 3.63) is 58.6 Å². The van der Waals surface area contributed by atoms with E-state index < -0.39 is 5.97 Å². The summed E-state index contributed by atoms with van der Waals surface area (Å²) in [6.45, 7) is 4.05. The van der Waals surface area contributed by atoms with Gasteiger partial charge in [-0.3, -0.25) is 9.59 Å².